The van der Waals surface area contributed by atoms with Crippen LogP contribution in [0.5, 0.6) is 11.5 Å². The van der Waals surface area contributed by atoms with E-state index in [0.29, 0.717) is 18.2 Å². The lowest BCUT2D eigenvalue weighted by Gasteiger charge is -2.27. The van der Waals surface area contributed by atoms with Crippen LogP contribution < -0.4 is 14.8 Å². The van der Waals surface area contributed by atoms with E-state index in [4.69, 9.17) is 21.7 Å². The Morgan fingerprint density at radius 2 is 1.35 bits per heavy atom. The maximum absolute atomic E-state index is 5.87. The second-order valence-electron chi connectivity index (χ2n) is 7.44. The second-order valence-corrected chi connectivity index (χ2v) is 7.82. The van der Waals surface area contributed by atoms with Gasteiger partial charge in [-0.15, -0.1) is 0 Å². The van der Waals surface area contributed by atoms with E-state index in [1.165, 1.54) is 22.3 Å². The minimum atomic E-state index is 0.690. The van der Waals surface area contributed by atoms with E-state index in [2.05, 4.69) is 66.5 Å². The summed E-state index contributed by atoms with van der Waals surface area (Å²) in [7, 11) is 3.36. The molecule has 3 rings (SSSR count). The average molecular weight is 435 g/mol. The molecule has 31 heavy (non-hydrogen) atoms. The summed E-state index contributed by atoms with van der Waals surface area (Å²) in [5.74, 6) is 1.69. The molecule has 0 heterocycles. The summed E-state index contributed by atoms with van der Waals surface area (Å²) in [6.45, 7) is 5.69. The molecule has 0 radical (unpaired) electrons. The Morgan fingerprint density at radius 3 is 1.81 bits per heavy atom. The highest BCUT2D eigenvalue weighted by Gasteiger charge is 2.14. The molecule has 0 spiro atoms. The summed E-state index contributed by atoms with van der Waals surface area (Å²) in [5, 5.41) is 4.20. The van der Waals surface area contributed by atoms with E-state index in [9.17, 15) is 0 Å². The Labute approximate surface area is 190 Å². The van der Waals surface area contributed by atoms with Crippen molar-refractivity contribution in [3.8, 4) is 11.5 Å². The number of nitrogens with zero attached hydrogens (tertiary/aromatic N) is 1. The molecule has 4 nitrogen and oxygen atoms in total. The quantitative estimate of drug-likeness (QED) is 0.442. The van der Waals surface area contributed by atoms with Gasteiger partial charge in [-0.2, -0.15) is 0 Å². The number of hydrogen-bond acceptors (Lipinski definition) is 3. The lowest BCUT2D eigenvalue weighted by Crippen LogP contribution is -2.34. The largest absolute Gasteiger partial charge is 0.497 e. The third-order valence-corrected chi connectivity index (χ3v) is 5.72. The first-order valence-corrected chi connectivity index (χ1v) is 10.8. The predicted octanol–water partition coefficient (Wildman–Crippen LogP) is 5.97. The molecule has 162 valence electrons. The molecule has 0 aliphatic rings. The predicted molar refractivity (Wildman–Crippen MR) is 132 cm³/mol. The van der Waals surface area contributed by atoms with Crippen LogP contribution in [0.15, 0.2) is 66.7 Å². The summed E-state index contributed by atoms with van der Waals surface area (Å²) in [5.41, 5.74) is 5.96. The van der Waals surface area contributed by atoms with Gasteiger partial charge in [-0.05, 0) is 78.1 Å². The van der Waals surface area contributed by atoms with E-state index < -0.39 is 0 Å². The van der Waals surface area contributed by atoms with Crippen LogP contribution in [0, 0.1) is 6.92 Å². The Balaban J connectivity index is 1.84. The van der Waals surface area contributed by atoms with E-state index in [-0.39, 0.29) is 0 Å². The van der Waals surface area contributed by atoms with Crippen molar-refractivity contribution >= 4 is 23.0 Å². The Bertz CT molecular complexity index is 951. The van der Waals surface area contributed by atoms with Gasteiger partial charge in [0.2, 0.25) is 0 Å². The van der Waals surface area contributed by atoms with Crippen molar-refractivity contribution in [3.05, 3.63) is 89.0 Å². The highest BCUT2D eigenvalue weighted by molar-refractivity contribution is 7.80. The van der Waals surface area contributed by atoms with Crippen LogP contribution in [0.4, 0.5) is 5.69 Å². The summed E-state index contributed by atoms with van der Waals surface area (Å²) < 4.78 is 10.6. The maximum atomic E-state index is 5.87. The second kappa shape index (κ2) is 10.8. The third-order valence-electron chi connectivity index (χ3n) is 5.36. The fourth-order valence-corrected chi connectivity index (χ4v) is 3.82. The van der Waals surface area contributed by atoms with Crippen molar-refractivity contribution in [3.63, 3.8) is 0 Å². The number of thiocarbonyl (C=S) groups is 1. The average Bonchev–Trinajstić information content (AvgIpc) is 2.79. The van der Waals surface area contributed by atoms with E-state index in [1.54, 1.807) is 14.2 Å². The number of methoxy groups -OCH3 is 2. The summed E-state index contributed by atoms with van der Waals surface area (Å²) >= 11 is 5.87. The van der Waals surface area contributed by atoms with Gasteiger partial charge >= 0.3 is 0 Å². The minimum absolute atomic E-state index is 0.690. The van der Waals surface area contributed by atoms with Crippen molar-refractivity contribution in [1.82, 2.24) is 4.90 Å². The van der Waals surface area contributed by atoms with Crippen molar-refractivity contribution in [2.45, 2.75) is 33.4 Å². The molecule has 0 aromatic heterocycles. The van der Waals surface area contributed by atoms with Crippen LogP contribution in [0.3, 0.4) is 0 Å². The number of ether oxygens (including phenoxy) is 2. The van der Waals surface area contributed by atoms with Gasteiger partial charge in [-0.25, -0.2) is 0 Å². The van der Waals surface area contributed by atoms with Gasteiger partial charge in [0.15, 0.2) is 5.11 Å². The first-order chi connectivity index (χ1) is 15.0. The number of anilines is 1. The monoisotopic (exact) mass is 434 g/mol. The molecule has 3 aromatic rings. The van der Waals surface area contributed by atoms with Crippen LogP contribution in [-0.4, -0.2) is 24.2 Å². The molecule has 0 unspecified atom stereocenters. The fraction of sp³-hybridized carbons (Fsp3) is 0.269. The summed E-state index contributed by atoms with van der Waals surface area (Å²) in [6.07, 6.45) is 0.953. The molecule has 0 aliphatic heterocycles. The summed E-state index contributed by atoms with van der Waals surface area (Å²) in [4.78, 5) is 2.18. The van der Waals surface area contributed by atoms with Gasteiger partial charge < -0.3 is 19.7 Å². The molecule has 1 N–H and O–H groups in total. The Morgan fingerprint density at radius 1 is 0.839 bits per heavy atom. The lowest BCUT2D eigenvalue weighted by molar-refractivity contribution is 0.404. The first-order valence-electron chi connectivity index (χ1n) is 10.4. The van der Waals surface area contributed by atoms with E-state index in [0.717, 1.165) is 23.6 Å². The minimum Gasteiger partial charge on any atom is -0.497 e. The van der Waals surface area contributed by atoms with E-state index in [1.807, 2.05) is 24.3 Å². The van der Waals surface area contributed by atoms with Crippen LogP contribution in [0.1, 0.15) is 29.2 Å². The zero-order chi connectivity index (χ0) is 22.2. The molecule has 5 heteroatoms. The van der Waals surface area contributed by atoms with Crippen molar-refractivity contribution in [2.75, 3.05) is 19.5 Å². The molecule has 0 amide bonds. The molecule has 0 bridgehead atoms. The lowest BCUT2D eigenvalue weighted by atomic mass is 10.0. The van der Waals surface area contributed by atoms with Crippen molar-refractivity contribution in [2.24, 2.45) is 0 Å². The molecule has 3 aromatic carbocycles. The van der Waals surface area contributed by atoms with Crippen LogP contribution in [0.2, 0.25) is 0 Å². The zero-order valence-electron chi connectivity index (χ0n) is 18.6. The number of hydrogen-bond donors (Lipinski definition) is 1. The van der Waals surface area contributed by atoms with Gasteiger partial charge in [0.25, 0.3) is 0 Å². The van der Waals surface area contributed by atoms with Gasteiger partial charge in [0, 0.05) is 18.8 Å². The highest BCUT2D eigenvalue weighted by Crippen LogP contribution is 2.22. The maximum Gasteiger partial charge on any atom is 0.174 e. The van der Waals surface area contributed by atoms with Gasteiger partial charge in [0.1, 0.15) is 11.5 Å². The van der Waals surface area contributed by atoms with Crippen molar-refractivity contribution < 1.29 is 9.47 Å². The topological polar surface area (TPSA) is 33.7 Å². The molecule has 0 saturated heterocycles. The molecular weight excluding hydrogens is 404 g/mol. The summed E-state index contributed by atoms with van der Waals surface area (Å²) in [6, 6.07) is 22.5. The molecule has 0 aliphatic carbocycles. The molecule has 0 saturated carbocycles. The smallest absolute Gasteiger partial charge is 0.174 e. The Hall–Kier alpha value is -3.05. The molecule has 0 fully saturated rings. The SMILES string of the molecule is CCc1c(C)cccc1NC(=S)N(Cc1ccc(OC)cc1)Cc1ccc(OC)cc1. The fourth-order valence-electron chi connectivity index (χ4n) is 3.59. The molecular formula is C26H30N2O2S. The standard InChI is InChI=1S/C26H30N2O2S/c1-5-24-19(2)7-6-8-25(24)27-26(31)28(17-20-9-13-22(29-3)14-10-20)18-21-11-15-23(30-4)16-12-21/h6-16H,5,17-18H2,1-4H3,(H,27,31). The molecule has 0 atom stereocenters. The zero-order valence-corrected chi connectivity index (χ0v) is 19.5. The first kappa shape index (κ1) is 22.6. The van der Waals surface area contributed by atoms with Crippen LogP contribution in [0.25, 0.3) is 0 Å². The van der Waals surface area contributed by atoms with E-state index >= 15 is 0 Å². The van der Waals surface area contributed by atoms with Gasteiger partial charge in [-0.3, -0.25) is 0 Å². The third kappa shape index (κ3) is 5.98. The van der Waals surface area contributed by atoms with Gasteiger partial charge in [-0.1, -0.05) is 43.3 Å². The number of rotatable bonds is 8. The van der Waals surface area contributed by atoms with Gasteiger partial charge in [0.05, 0.1) is 14.2 Å². The normalized spacial score (nSPS) is 10.5. The van der Waals surface area contributed by atoms with Crippen molar-refractivity contribution in [1.29, 1.82) is 0 Å². The van der Waals surface area contributed by atoms with Crippen LogP contribution in [-0.2, 0) is 19.5 Å². The highest BCUT2D eigenvalue weighted by atomic mass is 32.1. The van der Waals surface area contributed by atoms with Crippen LogP contribution >= 0.6 is 12.2 Å². The Kier molecular flexibility index (Phi) is 7.90. The number of aryl methyl sites for hydroxylation is 1. The number of benzene rings is 3. The number of nitrogens with one attached hydrogen (secondary N) is 1.